The minimum Gasteiger partial charge on any atom is -0.170 e. The van der Waals surface area contributed by atoms with E-state index in [0.717, 1.165) is 13.0 Å². The lowest BCUT2D eigenvalue weighted by molar-refractivity contribution is -0.156. The summed E-state index contributed by atoms with van der Waals surface area (Å²) < 4.78 is 34.6. The Morgan fingerprint density at radius 1 is 1.40 bits per heavy atom. The van der Waals surface area contributed by atoms with Crippen molar-refractivity contribution in [1.29, 1.82) is 0 Å². The molecule has 10 heavy (non-hydrogen) atoms. The quantitative estimate of drug-likeness (QED) is 0.597. The number of allylic oxidation sites excluding steroid dienone is 1. The van der Waals surface area contributed by atoms with Crippen LogP contribution in [0.25, 0.3) is 0 Å². The highest BCUT2D eigenvalue weighted by atomic mass is 35.5. The lowest BCUT2D eigenvalue weighted by Gasteiger charge is -2.10. The van der Waals surface area contributed by atoms with Gasteiger partial charge in [-0.05, 0) is 6.08 Å². The molecule has 0 unspecified atom stereocenters. The summed E-state index contributed by atoms with van der Waals surface area (Å²) in [5, 5.41) is 0. The molecule has 0 aliphatic rings. The van der Waals surface area contributed by atoms with E-state index in [1.807, 2.05) is 0 Å². The van der Waals surface area contributed by atoms with E-state index in [2.05, 4.69) is 0 Å². The SMILES string of the molecule is C[C@H](C=C(Cl)Cl)C(F)(F)F. The Hall–Kier alpha value is 0.110. The zero-order valence-electron chi connectivity index (χ0n) is 5.04. The van der Waals surface area contributed by atoms with Crippen LogP contribution in [0.2, 0.25) is 0 Å². The fourth-order valence-corrected chi connectivity index (χ4v) is 0.661. The van der Waals surface area contributed by atoms with Gasteiger partial charge in [-0.25, -0.2) is 0 Å². The Kier molecular flexibility index (Phi) is 3.52. The predicted molar refractivity (Wildman–Crippen MR) is 35.0 cm³/mol. The van der Waals surface area contributed by atoms with Gasteiger partial charge in [-0.3, -0.25) is 0 Å². The first kappa shape index (κ1) is 10.1. The number of halogens is 5. The number of alkyl halides is 3. The normalized spacial score (nSPS) is 14.6. The molecular weight excluding hydrogens is 188 g/mol. The van der Waals surface area contributed by atoms with E-state index < -0.39 is 12.1 Å². The Morgan fingerprint density at radius 2 is 1.80 bits per heavy atom. The van der Waals surface area contributed by atoms with Crippen LogP contribution in [0.3, 0.4) is 0 Å². The van der Waals surface area contributed by atoms with Crippen molar-refractivity contribution in [2.75, 3.05) is 0 Å². The minimum absolute atomic E-state index is 0.357. The molecule has 0 amide bonds. The number of hydrogen-bond acceptors (Lipinski definition) is 0. The average molecular weight is 193 g/mol. The number of hydrogen-bond donors (Lipinski definition) is 0. The molecular formula is C5H5Cl2F3. The lowest BCUT2D eigenvalue weighted by atomic mass is 10.2. The van der Waals surface area contributed by atoms with Gasteiger partial charge in [0.05, 0.1) is 5.92 Å². The summed E-state index contributed by atoms with van der Waals surface area (Å²) in [6, 6.07) is 0. The van der Waals surface area contributed by atoms with Crippen molar-refractivity contribution in [2.24, 2.45) is 5.92 Å². The highest BCUT2D eigenvalue weighted by Gasteiger charge is 2.34. The molecule has 0 bridgehead atoms. The summed E-state index contributed by atoms with van der Waals surface area (Å²) in [5.41, 5.74) is 0. The first-order valence-electron chi connectivity index (χ1n) is 2.43. The van der Waals surface area contributed by atoms with Crippen LogP contribution in [0.15, 0.2) is 10.6 Å². The molecule has 0 aliphatic heterocycles. The van der Waals surface area contributed by atoms with Crippen LogP contribution >= 0.6 is 23.2 Å². The first-order valence-corrected chi connectivity index (χ1v) is 3.19. The maximum atomic E-state index is 11.6. The van der Waals surface area contributed by atoms with Crippen LogP contribution in [0, 0.1) is 5.92 Å². The molecule has 1 atom stereocenters. The molecule has 0 heterocycles. The molecule has 0 nitrogen and oxygen atoms in total. The third kappa shape index (κ3) is 4.01. The smallest absolute Gasteiger partial charge is 0.170 e. The topological polar surface area (TPSA) is 0 Å². The van der Waals surface area contributed by atoms with Crippen molar-refractivity contribution in [1.82, 2.24) is 0 Å². The largest absolute Gasteiger partial charge is 0.394 e. The van der Waals surface area contributed by atoms with Crippen LogP contribution in [-0.2, 0) is 0 Å². The summed E-state index contributed by atoms with van der Waals surface area (Å²) in [6.07, 6.45) is -3.52. The van der Waals surface area contributed by atoms with Gasteiger partial charge in [-0.2, -0.15) is 13.2 Å². The van der Waals surface area contributed by atoms with Crippen molar-refractivity contribution >= 4 is 23.2 Å². The molecule has 0 aromatic heterocycles. The van der Waals surface area contributed by atoms with Crippen molar-refractivity contribution in [3.8, 4) is 0 Å². The van der Waals surface area contributed by atoms with Crippen molar-refractivity contribution < 1.29 is 13.2 Å². The zero-order valence-corrected chi connectivity index (χ0v) is 6.56. The van der Waals surface area contributed by atoms with Crippen LogP contribution in [0.4, 0.5) is 13.2 Å². The van der Waals surface area contributed by atoms with E-state index in [0.29, 0.717) is 0 Å². The molecule has 0 aliphatic carbocycles. The Balaban J connectivity index is 4.11. The third-order valence-corrected chi connectivity index (χ3v) is 1.14. The minimum atomic E-state index is -4.25. The maximum Gasteiger partial charge on any atom is 0.394 e. The van der Waals surface area contributed by atoms with E-state index in [4.69, 9.17) is 23.2 Å². The molecule has 0 rings (SSSR count). The Labute approximate surface area is 66.6 Å². The van der Waals surface area contributed by atoms with Crippen LogP contribution in [-0.4, -0.2) is 6.18 Å². The van der Waals surface area contributed by atoms with E-state index in [1.54, 1.807) is 0 Å². The second-order valence-electron chi connectivity index (χ2n) is 1.79. The fraction of sp³-hybridized carbons (Fsp3) is 0.600. The zero-order chi connectivity index (χ0) is 8.36. The molecule has 0 saturated carbocycles. The molecule has 0 saturated heterocycles. The third-order valence-electron chi connectivity index (χ3n) is 0.892. The van der Waals surface area contributed by atoms with Crippen molar-refractivity contribution in [3.05, 3.63) is 10.6 Å². The van der Waals surface area contributed by atoms with Crippen molar-refractivity contribution in [2.45, 2.75) is 13.1 Å². The molecule has 0 N–H and O–H groups in total. The predicted octanol–water partition coefficient (Wildman–Crippen LogP) is 3.50. The lowest BCUT2D eigenvalue weighted by Crippen LogP contribution is -2.17. The average Bonchev–Trinajstić information content (AvgIpc) is 1.60. The van der Waals surface area contributed by atoms with Crippen molar-refractivity contribution in [3.63, 3.8) is 0 Å². The number of rotatable bonds is 1. The van der Waals surface area contributed by atoms with E-state index in [1.165, 1.54) is 0 Å². The van der Waals surface area contributed by atoms with E-state index in [-0.39, 0.29) is 4.49 Å². The van der Waals surface area contributed by atoms with Gasteiger partial charge >= 0.3 is 6.18 Å². The fourth-order valence-electron chi connectivity index (χ4n) is 0.283. The van der Waals surface area contributed by atoms with Gasteiger partial charge in [0.2, 0.25) is 0 Å². The van der Waals surface area contributed by atoms with Crippen LogP contribution < -0.4 is 0 Å². The van der Waals surface area contributed by atoms with E-state index in [9.17, 15) is 13.2 Å². The summed E-state index contributed by atoms with van der Waals surface area (Å²) >= 11 is 10.0. The highest BCUT2D eigenvalue weighted by Crippen LogP contribution is 2.28. The van der Waals surface area contributed by atoms with Gasteiger partial charge in [-0.15, -0.1) is 0 Å². The van der Waals surface area contributed by atoms with Gasteiger partial charge in [0.25, 0.3) is 0 Å². The summed E-state index contributed by atoms with van der Waals surface area (Å²) in [6.45, 7) is 0.977. The molecule has 0 spiro atoms. The van der Waals surface area contributed by atoms with Gasteiger partial charge in [0.1, 0.15) is 4.49 Å². The second-order valence-corrected chi connectivity index (χ2v) is 2.79. The van der Waals surface area contributed by atoms with E-state index >= 15 is 0 Å². The van der Waals surface area contributed by atoms with Crippen LogP contribution in [0.1, 0.15) is 6.92 Å². The monoisotopic (exact) mass is 192 g/mol. The molecule has 0 aromatic carbocycles. The summed E-state index contributed by atoms with van der Waals surface area (Å²) in [4.78, 5) is 0. The molecule has 0 radical (unpaired) electrons. The molecule has 60 valence electrons. The van der Waals surface area contributed by atoms with Gasteiger partial charge in [0, 0.05) is 0 Å². The van der Waals surface area contributed by atoms with Crippen LogP contribution in [0.5, 0.6) is 0 Å². The van der Waals surface area contributed by atoms with Gasteiger partial charge < -0.3 is 0 Å². The molecule has 0 aromatic rings. The first-order chi connectivity index (χ1) is 4.34. The Morgan fingerprint density at radius 3 is 1.90 bits per heavy atom. The Bertz CT molecular complexity index is 134. The summed E-state index contributed by atoms with van der Waals surface area (Å²) in [5.74, 6) is -1.59. The maximum absolute atomic E-state index is 11.6. The van der Waals surface area contributed by atoms with Gasteiger partial charge in [-0.1, -0.05) is 30.1 Å². The summed E-state index contributed by atoms with van der Waals surface area (Å²) in [7, 11) is 0. The standard InChI is InChI=1S/C5H5Cl2F3/c1-3(2-4(6)7)5(8,9)10/h2-3H,1H3/t3-/m1/s1. The molecule has 5 heteroatoms. The second kappa shape index (κ2) is 3.49. The van der Waals surface area contributed by atoms with Gasteiger partial charge in [0.15, 0.2) is 0 Å². The highest BCUT2D eigenvalue weighted by molar-refractivity contribution is 6.55. The molecule has 0 fully saturated rings.